The molecule has 20 heavy (non-hydrogen) atoms. The molecule has 0 bridgehead atoms. The van der Waals surface area contributed by atoms with Gasteiger partial charge in [0, 0.05) is 18.3 Å². The fourth-order valence-corrected chi connectivity index (χ4v) is 4.21. The maximum Gasteiger partial charge on any atom is 0.126 e. The minimum Gasteiger partial charge on any atom is -0.384 e. The number of nitrogens with zero attached hydrogens (tertiary/aromatic N) is 1. The van der Waals surface area contributed by atoms with Crippen molar-refractivity contribution in [2.45, 2.75) is 44.6 Å². The molecule has 4 heteroatoms. The summed E-state index contributed by atoms with van der Waals surface area (Å²) in [5.74, 6) is 0.874. The summed E-state index contributed by atoms with van der Waals surface area (Å²) in [6.07, 6.45) is 7.90. The Morgan fingerprint density at radius 1 is 1.20 bits per heavy atom. The summed E-state index contributed by atoms with van der Waals surface area (Å²) in [6, 6.07) is 6.46. The van der Waals surface area contributed by atoms with Crippen molar-refractivity contribution < 1.29 is 0 Å². The first-order valence-electron chi connectivity index (χ1n) is 7.58. The van der Waals surface area contributed by atoms with Crippen molar-refractivity contribution in [2.24, 2.45) is 11.7 Å². The summed E-state index contributed by atoms with van der Waals surface area (Å²) in [7, 11) is 0. The van der Waals surface area contributed by atoms with Gasteiger partial charge in [-0.25, -0.2) is 0 Å². The van der Waals surface area contributed by atoms with Crippen LogP contribution >= 0.6 is 11.6 Å². The highest BCUT2D eigenvalue weighted by Gasteiger charge is 2.34. The third kappa shape index (κ3) is 2.39. The first-order chi connectivity index (χ1) is 9.68. The largest absolute Gasteiger partial charge is 0.384 e. The molecule has 108 valence electrons. The lowest BCUT2D eigenvalue weighted by Gasteiger charge is -2.33. The first-order valence-corrected chi connectivity index (χ1v) is 7.96. The number of hydrogen-bond acceptors (Lipinski definition) is 2. The normalized spacial score (nSPS) is 23.4. The zero-order valence-corrected chi connectivity index (χ0v) is 12.5. The number of anilines is 1. The zero-order chi connectivity index (χ0) is 14.1. The highest BCUT2D eigenvalue weighted by Crippen LogP contribution is 2.39. The summed E-state index contributed by atoms with van der Waals surface area (Å²) in [5, 5.41) is 8.41. The Balaban J connectivity index is 1.95. The summed E-state index contributed by atoms with van der Waals surface area (Å²) in [5.41, 5.74) is 7.52. The molecule has 0 spiro atoms. The van der Waals surface area contributed by atoms with Crippen molar-refractivity contribution in [3.05, 3.63) is 28.8 Å². The SMILES string of the molecule is N=C(N)c1c(Cl)cccc1N1CCCC1C1CCCC1. The molecular weight excluding hydrogens is 270 g/mol. The fourth-order valence-electron chi connectivity index (χ4n) is 3.94. The molecule has 1 unspecified atom stereocenters. The van der Waals surface area contributed by atoms with Gasteiger partial charge < -0.3 is 10.6 Å². The van der Waals surface area contributed by atoms with E-state index in [1.807, 2.05) is 12.1 Å². The van der Waals surface area contributed by atoms with Gasteiger partial charge >= 0.3 is 0 Å². The lowest BCUT2D eigenvalue weighted by Crippen LogP contribution is -2.36. The predicted molar refractivity (Wildman–Crippen MR) is 84.8 cm³/mol. The molecule has 1 atom stereocenters. The van der Waals surface area contributed by atoms with Crippen LogP contribution in [0, 0.1) is 11.3 Å². The molecule has 1 heterocycles. The molecule has 2 aliphatic rings. The third-order valence-corrected chi connectivity index (χ3v) is 5.13. The molecule has 1 aromatic carbocycles. The lowest BCUT2D eigenvalue weighted by molar-refractivity contribution is 0.431. The number of nitrogens with one attached hydrogen (secondary N) is 1. The standard InChI is InChI=1S/C16H22ClN3/c17-12-7-3-8-14(15(12)16(18)19)20-10-4-9-13(20)11-5-1-2-6-11/h3,7-8,11,13H,1-2,4-6,9-10H2,(H3,18,19). The Kier molecular flexibility index (Phi) is 3.88. The van der Waals surface area contributed by atoms with Crippen LogP contribution in [0.2, 0.25) is 5.02 Å². The Hall–Kier alpha value is -1.22. The number of nitrogen functional groups attached to an aromatic ring is 1. The molecule has 1 aromatic rings. The molecule has 1 aliphatic carbocycles. The highest BCUT2D eigenvalue weighted by molar-refractivity contribution is 6.34. The number of hydrogen-bond donors (Lipinski definition) is 2. The van der Waals surface area contributed by atoms with Gasteiger partial charge in [-0.05, 0) is 43.7 Å². The average Bonchev–Trinajstić information content (AvgIpc) is 3.08. The Labute approximate surface area is 125 Å². The Morgan fingerprint density at radius 3 is 2.65 bits per heavy atom. The molecular formula is C16H22ClN3. The first kappa shape index (κ1) is 13.7. The highest BCUT2D eigenvalue weighted by atomic mass is 35.5. The van der Waals surface area contributed by atoms with Gasteiger partial charge in [0.25, 0.3) is 0 Å². The van der Waals surface area contributed by atoms with E-state index >= 15 is 0 Å². The van der Waals surface area contributed by atoms with Gasteiger partial charge in [0.05, 0.1) is 10.6 Å². The molecule has 1 saturated heterocycles. The lowest BCUT2D eigenvalue weighted by atomic mass is 9.95. The minimum atomic E-state index is 0.0719. The van der Waals surface area contributed by atoms with Gasteiger partial charge in [0.1, 0.15) is 5.84 Å². The van der Waals surface area contributed by atoms with Gasteiger partial charge in [0.2, 0.25) is 0 Å². The second kappa shape index (κ2) is 5.65. The van der Waals surface area contributed by atoms with Gasteiger partial charge in [0.15, 0.2) is 0 Å². The molecule has 0 amide bonds. The molecule has 0 aromatic heterocycles. The van der Waals surface area contributed by atoms with E-state index in [9.17, 15) is 0 Å². The molecule has 3 nitrogen and oxygen atoms in total. The van der Waals surface area contributed by atoms with Crippen molar-refractivity contribution in [2.75, 3.05) is 11.4 Å². The topological polar surface area (TPSA) is 53.1 Å². The average molecular weight is 292 g/mol. The van der Waals surface area contributed by atoms with E-state index in [0.717, 1.165) is 18.2 Å². The maximum absolute atomic E-state index is 7.82. The molecule has 3 rings (SSSR count). The zero-order valence-electron chi connectivity index (χ0n) is 11.7. The van der Waals surface area contributed by atoms with Crippen LogP contribution in [-0.4, -0.2) is 18.4 Å². The fraction of sp³-hybridized carbons (Fsp3) is 0.562. The van der Waals surface area contributed by atoms with Crippen molar-refractivity contribution in [1.82, 2.24) is 0 Å². The van der Waals surface area contributed by atoms with Crippen molar-refractivity contribution >= 4 is 23.1 Å². The van der Waals surface area contributed by atoms with E-state index in [4.69, 9.17) is 22.7 Å². The van der Waals surface area contributed by atoms with E-state index in [1.165, 1.54) is 38.5 Å². The molecule has 0 radical (unpaired) electrons. The van der Waals surface area contributed by atoms with Crippen LogP contribution in [0.3, 0.4) is 0 Å². The molecule has 1 saturated carbocycles. The molecule has 1 aliphatic heterocycles. The van der Waals surface area contributed by atoms with E-state index in [-0.39, 0.29) is 5.84 Å². The number of halogens is 1. The van der Waals surface area contributed by atoms with Gasteiger partial charge in [-0.1, -0.05) is 30.5 Å². The van der Waals surface area contributed by atoms with Crippen molar-refractivity contribution in [3.63, 3.8) is 0 Å². The van der Waals surface area contributed by atoms with Crippen LogP contribution < -0.4 is 10.6 Å². The van der Waals surface area contributed by atoms with Gasteiger partial charge in [-0.3, -0.25) is 5.41 Å². The van der Waals surface area contributed by atoms with Crippen LogP contribution in [0.1, 0.15) is 44.1 Å². The van der Waals surface area contributed by atoms with E-state index in [2.05, 4.69) is 11.0 Å². The quantitative estimate of drug-likeness (QED) is 0.658. The van der Waals surface area contributed by atoms with Crippen LogP contribution in [-0.2, 0) is 0 Å². The number of amidine groups is 1. The number of benzene rings is 1. The Morgan fingerprint density at radius 2 is 1.95 bits per heavy atom. The van der Waals surface area contributed by atoms with Crippen LogP contribution in [0.4, 0.5) is 5.69 Å². The van der Waals surface area contributed by atoms with E-state index in [0.29, 0.717) is 16.6 Å². The van der Waals surface area contributed by atoms with Gasteiger partial charge in [-0.15, -0.1) is 0 Å². The number of nitrogens with two attached hydrogens (primary N) is 1. The Bertz CT molecular complexity index is 508. The van der Waals surface area contributed by atoms with Crippen molar-refractivity contribution in [1.29, 1.82) is 5.41 Å². The minimum absolute atomic E-state index is 0.0719. The molecule has 2 fully saturated rings. The second-order valence-corrected chi connectivity index (χ2v) is 6.40. The van der Waals surface area contributed by atoms with Crippen molar-refractivity contribution in [3.8, 4) is 0 Å². The molecule has 3 N–H and O–H groups in total. The summed E-state index contributed by atoms with van der Waals surface area (Å²) < 4.78 is 0. The van der Waals surface area contributed by atoms with Crippen LogP contribution in [0.25, 0.3) is 0 Å². The van der Waals surface area contributed by atoms with Crippen LogP contribution in [0.15, 0.2) is 18.2 Å². The summed E-state index contributed by atoms with van der Waals surface area (Å²) in [6.45, 7) is 1.06. The third-order valence-electron chi connectivity index (χ3n) is 4.81. The van der Waals surface area contributed by atoms with E-state index < -0.39 is 0 Å². The predicted octanol–water partition coefficient (Wildman–Crippen LogP) is 3.78. The summed E-state index contributed by atoms with van der Waals surface area (Å²) >= 11 is 6.26. The monoisotopic (exact) mass is 291 g/mol. The van der Waals surface area contributed by atoms with Crippen LogP contribution in [0.5, 0.6) is 0 Å². The maximum atomic E-state index is 7.82. The number of rotatable bonds is 3. The summed E-state index contributed by atoms with van der Waals surface area (Å²) in [4.78, 5) is 2.46. The smallest absolute Gasteiger partial charge is 0.126 e. The van der Waals surface area contributed by atoms with Gasteiger partial charge in [-0.2, -0.15) is 0 Å². The van der Waals surface area contributed by atoms with E-state index in [1.54, 1.807) is 0 Å². The second-order valence-electron chi connectivity index (χ2n) is 6.00.